The third-order valence-corrected chi connectivity index (χ3v) is 3.49. The average Bonchev–Trinajstić information content (AvgIpc) is 2.39. The molecule has 17 heavy (non-hydrogen) atoms. The highest BCUT2D eigenvalue weighted by Crippen LogP contribution is 2.28. The normalized spacial score (nSPS) is 17.5. The first-order valence-electron chi connectivity index (χ1n) is 6.40. The van der Waals surface area contributed by atoms with Gasteiger partial charge in [0, 0.05) is 19.8 Å². The van der Waals surface area contributed by atoms with E-state index in [-0.39, 0.29) is 6.04 Å². The van der Waals surface area contributed by atoms with Crippen molar-refractivity contribution in [2.75, 3.05) is 19.0 Å². The highest BCUT2D eigenvalue weighted by Gasteiger charge is 2.13. The molecule has 0 fully saturated rings. The fraction of sp³-hybridized carbons (Fsp3) is 0.467. The van der Waals surface area contributed by atoms with Gasteiger partial charge in [-0.3, -0.25) is 0 Å². The zero-order valence-electron chi connectivity index (χ0n) is 10.8. The van der Waals surface area contributed by atoms with Crippen LogP contribution in [0.5, 0.6) is 0 Å². The topological polar surface area (TPSA) is 29.3 Å². The molecule has 1 aliphatic carbocycles. The van der Waals surface area contributed by atoms with Crippen LogP contribution in [0.1, 0.15) is 37.3 Å². The second kappa shape index (κ2) is 5.37. The molecule has 1 atom stereocenters. The van der Waals surface area contributed by atoms with Gasteiger partial charge in [0.2, 0.25) is 0 Å². The van der Waals surface area contributed by atoms with Crippen molar-refractivity contribution < 1.29 is 0 Å². The van der Waals surface area contributed by atoms with Gasteiger partial charge in [0.05, 0.1) is 6.04 Å². The number of hydrogen-bond donors (Lipinski definition) is 1. The van der Waals surface area contributed by atoms with Crippen LogP contribution in [-0.2, 0) is 0 Å². The van der Waals surface area contributed by atoms with E-state index in [1.54, 1.807) is 0 Å². The minimum Gasteiger partial charge on any atom is -0.378 e. The maximum Gasteiger partial charge on any atom is 0.0510 e. The van der Waals surface area contributed by atoms with Crippen LogP contribution in [-0.4, -0.2) is 14.1 Å². The second-order valence-corrected chi connectivity index (χ2v) is 4.99. The molecule has 1 aromatic rings. The van der Waals surface area contributed by atoms with Gasteiger partial charge in [-0.2, -0.15) is 0 Å². The van der Waals surface area contributed by atoms with Crippen molar-refractivity contribution in [2.24, 2.45) is 5.73 Å². The maximum atomic E-state index is 6.31. The smallest absolute Gasteiger partial charge is 0.0510 e. The van der Waals surface area contributed by atoms with Gasteiger partial charge in [0.25, 0.3) is 0 Å². The van der Waals surface area contributed by atoms with Gasteiger partial charge in [0.1, 0.15) is 0 Å². The molecule has 2 N–H and O–H groups in total. The van der Waals surface area contributed by atoms with Crippen LogP contribution in [0.3, 0.4) is 0 Å². The second-order valence-electron chi connectivity index (χ2n) is 4.99. The first kappa shape index (κ1) is 12.2. The summed E-state index contributed by atoms with van der Waals surface area (Å²) in [4.78, 5) is 2.11. The van der Waals surface area contributed by atoms with Crippen LogP contribution < -0.4 is 10.6 Å². The van der Waals surface area contributed by atoms with E-state index in [0.717, 1.165) is 6.42 Å². The molecule has 0 aromatic heterocycles. The highest BCUT2D eigenvalue weighted by molar-refractivity contribution is 5.47. The van der Waals surface area contributed by atoms with Crippen LogP contribution in [0.15, 0.2) is 35.9 Å². The lowest BCUT2D eigenvalue weighted by atomic mass is 9.90. The molecule has 0 bridgehead atoms. The summed E-state index contributed by atoms with van der Waals surface area (Å²) in [6, 6.07) is 8.66. The number of anilines is 1. The van der Waals surface area contributed by atoms with Crippen molar-refractivity contribution in [2.45, 2.75) is 31.7 Å². The van der Waals surface area contributed by atoms with E-state index in [9.17, 15) is 0 Å². The fourth-order valence-electron chi connectivity index (χ4n) is 2.34. The predicted octanol–water partition coefficient (Wildman–Crippen LogP) is 3.25. The van der Waals surface area contributed by atoms with E-state index < -0.39 is 0 Å². The van der Waals surface area contributed by atoms with Crippen molar-refractivity contribution in [1.29, 1.82) is 0 Å². The quantitative estimate of drug-likeness (QED) is 0.808. The lowest BCUT2D eigenvalue weighted by Crippen LogP contribution is -2.15. The van der Waals surface area contributed by atoms with Crippen molar-refractivity contribution in [3.8, 4) is 0 Å². The van der Waals surface area contributed by atoms with E-state index in [1.807, 2.05) is 0 Å². The molecule has 0 amide bonds. The summed E-state index contributed by atoms with van der Waals surface area (Å²) >= 11 is 0. The van der Waals surface area contributed by atoms with Gasteiger partial charge in [-0.25, -0.2) is 0 Å². The maximum absolute atomic E-state index is 6.31. The average molecular weight is 230 g/mol. The molecule has 0 radical (unpaired) electrons. The van der Waals surface area contributed by atoms with Crippen molar-refractivity contribution in [3.05, 3.63) is 41.5 Å². The summed E-state index contributed by atoms with van der Waals surface area (Å²) in [6.45, 7) is 0. The zero-order valence-corrected chi connectivity index (χ0v) is 10.8. The highest BCUT2D eigenvalue weighted by atomic mass is 15.1. The van der Waals surface area contributed by atoms with Gasteiger partial charge in [-0.15, -0.1) is 0 Å². The molecule has 1 aromatic carbocycles. The van der Waals surface area contributed by atoms with E-state index in [4.69, 9.17) is 5.73 Å². The van der Waals surface area contributed by atoms with Crippen LogP contribution in [0.2, 0.25) is 0 Å². The van der Waals surface area contributed by atoms with Crippen LogP contribution in [0, 0.1) is 0 Å². The van der Waals surface area contributed by atoms with E-state index >= 15 is 0 Å². The molecule has 2 rings (SSSR count). The molecule has 1 unspecified atom stereocenters. The number of nitrogens with two attached hydrogens (primary N) is 1. The third-order valence-electron chi connectivity index (χ3n) is 3.49. The van der Waals surface area contributed by atoms with E-state index in [2.05, 4.69) is 49.3 Å². The Morgan fingerprint density at radius 3 is 2.35 bits per heavy atom. The summed E-state index contributed by atoms with van der Waals surface area (Å²) < 4.78 is 0. The van der Waals surface area contributed by atoms with Gasteiger partial charge in [-0.05, 0) is 43.4 Å². The monoisotopic (exact) mass is 230 g/mol. The molecule has 0 heterocycles. The van der Waals surface area contributed by atoms with Crippen LogP contribution in [0.25, 0.3) is 0 Å². The Balaban J connectivity index is 2.13. The number of rotatable bonds is 3. The van der Waals surface area contributed by atoms with Crippen LogP contribution >= 0.6 is 0 Å². The Morgan fingerprint density at radius 2 is 1.82 bits per heavy atom. The fourth-order valence-corrected chi connectivity index (χ4v) is 2.34. The first-order valence-corrected chi connectivity index (χ1v) is 6.40. The number of hydrogen-bond acceptors (Lipinski definition) is 2. The minimum absolute atomic E-state index is 0.0894. The van der Waals surface area contributed by atoms with Gasteiger partial charge >= 0.3 is 0 Å². The number of benzene rings is 1. The predicted molar refractivity (Wildman–Crippen MR) is 74.2 cm³/mol. The Labute approximate surface area is 104 Å². The van der Waals surface area contributed by atoms with E-state index in [0.29, 0.717) is 0 Å². The van der Waals surface area contributed by atoms with E-state index in [1.165, 1.54) is 36.1 Å². The minimum atomic E-state index is 0.0894. The lowest BCUT2D eigenvalue weighted by Gasteiger charge is -2.21. The lowest BCUT2D eigenvalue weighted by molar-refractivity contribution is 0.648. The Bertz CT molecular complexity index is 390. The summed E-state index contributed by atoms with van der Waals surface area (Å²) in [6.07, 6.45) is 7.29. The summed E-state index contributed by atoms with van der Waals surface area (Å²) in [5.74, 6) is 0. The SMILES string of the molecule is CN(C)c1ccc(C(N)C2=CCCCC2)cc1. The van der Waals surface area contributed by atoms with Gasteiger partial charge in [-0.1, -0.05) is 23.8 Å². The molecule has 1 aliphatic rings. The Hall–Kier alpha value is -1.28. The summed E-state index contributed by atoms with van der Waals surface area (Å²) in [5, 5.41) is 0. The molecule has 2 nitrogen and oxygen atoms in total. The van der Waals surface area contributed by atoms with Crippen molar-refractivity contribution in [1.82, 2.24) is 0 Å². The van der Waals surface area contributed by atoms with Crippen LogP contribution in [0.4, 0.5) is 5.69 Å². The Morgan fingerprint density at radius 1 is 1.12 bits per heavy atom. The molecule has 0 saturated heterocycles. The molecular weight excluding hydrogens is 208 g/mol. The molecule has 0 aliphatic heterocycles. The van der Waals surface area contributed by atoms with Gasteiger partial charge < -0.3 is 10.6 Å². The van der Waals surface area contributed by atoms with Gasteiger partial charge in [0.15, 0.2) is 0 Å². The number of allylic oxidation sites excluding steroid dienone is 1. The molecule has 2 heteroatoms. The summed E-state index contributed by atoms with van der Waals surface area (Å²) in [5.41, 5.74) is 10.2. The molecule has 92 valence electrons. The third kappa shape index (κ3) is 2.89. The zero-order chi connectivity index (χ0) is 12.3. The molecule has 0 spiro atoms. The van der Waals surface area contributed by atoms with Crippen molar-refractivity contribution >= 4 is 5.69 Å². The molecule has 0 saturated carbocycles. The molecular formula is C15H22N2. The largest absolute Gasteiger partial charge is 0.378 e. The van der Waals surface area contributed by atoms with Crippen molar-refractivity contribution in [3.63, 3.8) is 0 Å². The number of nitrogens with zero attached hydrogens (tertiary/aromatic N) is 1. The summed E-state index contributed by atoms with van der Waals surface area (Å²) in [7, 11) is 4.11. The first-order chi connectivity index (χ1) is 8.18. The Kier molecular flexibility index (Phi) is 3.85. The standard InChI is InChI=1S/C15H22N2/c1-17(2)14-10-8-13(9-11-14)15(16)12-6-4-3-5-7-12/h6,8-11,15H,3-5,7,16H2,1-2H3.